The van der Waals surface area contributed by atoms with Crippen LogP contribution in [0.2, 0.25) is 0 Å². The van der Waals surface area contributed by atoms with E-state index in [1.54, 1.807) is 0 Å². The molecule has 25 heavy (non-hydrogen) atoms. The first kappa shape index (κ1) is 14.4. The Morgan fingerprint density at radius 1 is 1.12 bits per heavy atom. The number of aromatic nitrogens is 5. The topological polar surface area (TPSA) is 71.3 Å². The lowest BCUT2D eigenvalue weighted by Crippen LogP contribution is -2.37. The number of hydrogen-bond acceptors (Lipinski definition) is 5. The summed E-state index contributed by atoms with van der Waals surface area (Å²) in [6.45, 7) is 5.22. The molecule has 0 radical (unpaired) electrons. The third-order valence-corrected chi connectivity index (χ3v) is 4.73. The number of H-pyrrole nitrogens is 1. The van der Waals surface area contributed by atoms with Crippen LogP contribution in [0.25, 0.3) is 27.8 Å². The molecule has 5 rings (SSSR count). The van der Waals surface area contributed by atoms with Crippen molar-refractivity contribution in [2.75, 3.05) is 31.2 Å². The fourth-order valence-electron chi connectivity index (χ4n) is 3.33. The molecule has 7 nitrogen and oxygen atoms in total. The zero-order valence-electron chi connectivity index (χ0n) is 13.9. The molecule has 4 heterocycles. The Bertz CT molecular complexity index is 1060. The van der Waals surface area contributed by atoms with Crippen LogP contribution in [0.15, 0.2) is 36.5 Å². The average Bonchev–Trinajstić information content (AvgIpc) is 3.25. The van der Waals surface area contributed by atoms with Crippen LogP contribution in [0.5, 0.6) is 0 Å². The van der Waals surface area contributed by atoms with Crippen molar-refractivity contribution in [3.8, 4) is 11.3 Å². The fourth-order valence-corrected chi connectivity index (χ4v) is 3.33. The molecule has 0 bridgehead atoms. The molecule has 0 atom stereocenters. The van der Waals surface area contributed by atoms with Crippen LogP contribution in [0.1, 0.15) is 5.69 Å². The monoisotopic (exact) mass is 334 g/mol. The van der Waals surface area contributed by atoms with Crippen molar-refractivity contribution in [1.29, 1.82) is 0 Å². The quantitative estimate of drug-likeness (QED) is 0.609. The summed E-state index contributed by atoms with van der Waals surface area (Å²) >= 11 is 0. The Morgan fingerprint density at radius 3 is 2.88 bits per heavy atom. The number of nitrogens with one attached hydrogen (secondary N) is 1. The van der Waals surface area contributed by atoms with Crippen LogP contribution in [0.4, 0.5) is 5.82 Å². The van der Waals surface area contributed by atoms with Gasteiger partial charge in [0, 0.05) is 24.0 Å². The van der Waals surface area contributed by atoms with Crippen molar-refractivity contribution in [1.82, 2.24) is 24.8 Å². The maximum absolute atomic E-state index is 5.43. The molecule has 0 unspecified atom stereocenters. The molecule has 4 aromatic rings. The SMILES string of the molecule is Cc1n[nH]c2ccc(-c3cnc4ccc(N5CCOCC5)nn34)cc12. The van der Waals surface area contributed by atoms with Gasteiger partial charge in [0.05, 0.1) is 36.3 Å². The highest BCUT2D eigenvalue weighted by molar-refractivity contribution is 5.86. The van der Waals surface area contributed by atoms with E-state index in [1.165, 1.54) is 0 Å². The molecule has 7 heteroatoms. The number of anilines is 1. The Morgan fingerprint density at radius 2 is 2.00 bits per heavy atom. The van der Waals surface area contributed by atoms with E-state index in [9.17, 15) is 0 Å². The predicted molar refractivity (Wildman–Crippen MR) is 95.8 cm³/mol. The van der Waals surface area contributed by atoms with E-state index in [-0.39, 0.29) is 0 Å². The summed E-state index contributed by atoms with van der Waals surface area (Å²) in [5.74, 6) is 0.954. The van der Waals surface area contributed by atoms with Crippen molar-refractivity contribution in [2.45, 2.75) is 6.92 Å². The summed E-state index contributed by atoms with van der Waals surface area (Å²) in [5, 5.41) is 13.3. The minimum absolute atomic E-state index is 0.743. The molecular weight excluding hydrogens is 316 g/mol. The molecule has 1 aliphatic rings. The van der Waals surface area contributed by atoms with Gasteiger partial charge in [-0.3, -0.25) is 5.10 Å². The maximum Gasteiger partial charge on any atom is 0.154 e. The van der Waals surface area contributed by atoms with Crippen molar-refractivity contribution in [2.24, 2.45) is 0 Å². The van der Waals surface area contributed by atoms with Gasteiger partial charge in [0.2, 0.25) is 0 Å². The second-order valence-electron chi connectivity index (χ2n) is 6.27. The number of aromatic amines is 1. The highest BCUT2D eigenvalue weighted by Gasteiger charge is 2.15. The van der Waals surface area contributed by atoms with Gasteiger partial charge in [-0.2, -0.15) is 5.10 Å². The van der Waals surface area contributed by atoms with Crippen LogP contribution in [-0.4, -0.2) is 51.1 Å². The summed E-state index contributed by atoms with van der Waals surface area (Å²) in [5.41, 5.74) is 4.93. The first-order valence-corrected chi connectivity index (χ1v) is 8.42. The first-order chi connectivity index (χ1) is 12.3. The third kappa shape index (κ3) is 2.35. The van der Waals surface area contributed by atoms with E-state index in [2.05, 4.69) is 38.3 Å². The minimum atomic E-state index is 0.743. The fraction of sp³-hybridized carbons (Fsp3) is 0.278. The van der Waals surface area contributed by atoms with Crippen LogP contribution in [0, 0.1) is 6.92 Å². The number of imidazole rings is 1. The van der Waals surface area contributed by atoms with E-state index in [0.717, 1.165) is 65.6 Å². The Kier molecular flexibility index (Phi) is 3.21. The van der Waals surface area contributed by atoms with Crippen LogP contribution >= 0.6 is 0 Å². The Labute approximate surface area is 144 Å². The molecule has 0 saturated carbocycles. The summed E-state index contributed by atoms with van der Waals surface area (Å²) in [6, 6.07) is 10.3. The molecule has 0 amide bonds. The number of fused-ring (bicyclic) bond motifs is 2. The van der Waals surface area contributed by atoms with Crippen molar-refractivity contribution < 1.29 is 4.74 Å². The van der Waals surface area contributed by atoms with Gasteiger partial charge < -0.3 is 9.64 Å². The highest BCUT2D eigenvalue weighted by atomic mass is 16.5. The second-order valence-corrected chi connectivity index (χ2v) is 6.27. The van der Waals surface area contributed by atoms with Crippen molar-refractivity contribution >= 4 is 22.4 Å². The molecule has 3 aromatic heterocycles. The molecular formula is C18H18N6O. The molecule has 0 spiro atoms. The maximum atomic E-state index is 5.43. The van der Waals surface area contributed by atoms with Crippen LogP contribution in [-0.2, 0) is 4.74 Å². The molecule has 126 valence electrons. The normalized spacial score (nSPS) is 15.3. The third-order valence-electron chi connectivity index (χ3n) is 4.73. The first-order valence-electron chi connectivity index (χ1n) is 8.42. The number of benzene rings is 1. The van der Waals surface area contributed by atoms with E-state index in [0.29, 0.717) is 0 Å². The van der Waals surface area contributed by atoms with Gasteiger partial charge in [0.25, 0.3) is 0 Å². The number of aryl methyl sites for hydroxylation is 1. The molecule has 0 aliphatic carbocycles. The number of rotatable bonds is 2. The van der Waals surface area contributed by atoms with Gasteiger partial charge in [-0.1, -0.05) is 6.07 Å². The van der Waals surface area contributed by atoms with Crippen molar-refractivity contribution in [3.05, 3.63) is 42.2 Å². The van der Waals surface area contributed by atoms with Gasteiger partial charge in [0.1, 0.15) is 5.82 Å². The number of hydrogen-bond donors (Lipinski definition) is 1. The number of morpholine rings is 1. The number of nitrogens with zero attached hydrogens (tertiary/aromatic N) is 5. The van der Waals surface area contributed by atoms with Crippen LogP contribution in [0.3, 0.4) is 0 Å². The molecule has 1 aliphatic heterocycles. The largest absolute Gasteiger partial charge is 0.378 e. The van der Waals surface area contributed by atoms with Gasteiger partial charge in [-0.25, -0.2) is 9.50 Å². The zero-order valence-corrected chi connectivity index (χ0v) is 13.9. The van der Waals surface area contributed by atoms with Gasteiger partial charge in [-0.15, -0.1) is 5.10 Å². The minimum Gasteiger partial charge on any atom is -0.378 e. The van der Waals surface area contributed by atoms with E-state index < -0.39 is 0 Å². The molecule has 1 N–H and O–H groups in total. The lowest BCUT2D eigenvalue weighted by atomic mass is 10.1. The Balaban J connectivity index is 1.63. The van der Waals surface area contributed by atoms with E-state index >= 15 is 0 Å². The lowest BCUT2D eigenvalue weighted by molar-refractivity contribution is 0.122. The predicted octanol–water partition coefficient (Wildman–Crippen LogP) is 2.42. The molecule has 1 aromatic carbocycles. The zero-order chi connectivity index (χ0) is 16.8. The summed E-state index contributed by atoms with van der Waals surface area (Å²) in [4.78, 5) is 6.75. The van der Waals surface area contributed by atoms with Gasteiger partial charge >= 0.3 is 0 Å². The second kappa shape index (κ2) is 5.56. The van der Waals surface area contributed by atoms with Gasteiger partial charge in [-0.05, 0) is 31.2 Å². The molecule has 1 fully saturated rings. The van der Waals surface area contributed by atoms with Crippen LogP contribution < -0.4 is 4.90 Å². The van der Waals surface area contributed by atoms with Crippen molar-refractivity contribution in [3.63, 3.8) is 0 Å². The van der Waals surface area contributed by atoms with E-state index in [1.807, 2.05) is 29.8 Å². The summed E-state index contributed by atoms with van der Waals surface area (Å²) in [6.07, 6.45) is 1.88. The van der Waals surface area contributed by atoms with Gasteiger partial charge in [0.15, 0.2) is 5.65 Å². The molecule has 1 saturated heterocycles. The van der Waals surface area contributed by atoms with E-state index in [4.69, 9.17) is 9.84 Å². The summed E-state index contributed by atoms with van der Waals surface area (Å²) < 4.78 is 7.35. The standard InChI is InChI=1S/C18H18N6O/c1-12-14-10-13(2-3-15(14)21-20-12)16-11-19-17-4-5-18(22-24(16)17)23-6-8-25-9-7-23/h2-5,10-11H,6-9H2,1H3,(H,20,21). The smallest absolute Gasteiger partial charge is 0.154 e. The lowest BCUT2D eigenvalue weighted by Gasteiger charge is -2.27. The average molecular weight is 334 g/mol. The summed E-state index contributed by atoms with van der Waals surface area (Å²) in [7, 11) is 0. The Hall–Kier alpha value is -2.93. The number of ether oxygens (including phenoxy) is 1. The highest BCUT2D eigenvalue weighted by Crippen LogP contribution is 2.26.